The van der Waals surface area contributed by atoms with E-state index in [0.717, 1.165) is 12.1 Å². The number of benzene rings is 2. The van der Waals surface area contributed by atoms with Crippen molar-refractivity contribution in [1.82, 2.24) is 19.7 Å². The summed E-state index contributed by atoms with van der Waals surface area (Å²) in [4.78, 5) is 8.06. The third kappa shape index (κ3) is 3.47. The minimum absolute atomic E-state index is 0.0391. The minimum Gasteiger partial charge on any atom is -0.451 e. The van der Waals surface area contributed by atoms with Gasteiger partial charge in [0.2, 0.25) is 17.4 Å². The van der Waals surface area contributed by atoms with Gasteiger partial charge >= 0.3 is 0 Å². The fourth-order valence-electron chi connectivity index (χ4n) is 3.10. The predicted octanol–water partition coefficient (Wildman–Crippen LogP) is 4.08. The van der Waals surface area contributed by atoms with E-state index in [0.29, 0.717) is 5.65 Å². The maximum Gasteiger partial charge on any atom is 0.204 e. The molecule has 4 aromatic rings. The Kier molecular flexibility index (Phi) is 5.38. The van der Waals surface area contributed by atoms with E-state index in [1.165, 1.54) is 17.1 Å². The lowest BCUT2D eigenvalue weighted by atomic mass is 10.1. The topological polar surface area (TPSA) is 105 Å². The van der Waals surface area contributed by atoms with Crippen molar-refractivity contribution in [1.29, 1.82) is 0 Å². The van der Waals surface area contributed by atoms with Gasteiger partial charge in [0, 0.05) is 24.2 Å². The summed E-state index contributed by atoms with van der Waals surface area (Å²) in [7, 11) is 0. The highest BCUT2D eigenvalue weighted by atomic mass is 19.2. The first kappa shape index (κ1) is 21.4. The smallest absolute Gasteiger partial charge is 0.204 e. The van der Waals surface area contributed by atoms with Gasteiger partial charge in [-0.1, -0.05) is 0 Å². The van der Waals surface area contributed by atoms with Crippen LogP contribution in [0.5, 0.6) is 11.5 Å². The summed E-state index contributed by atoms with van der Waals surface area (Å²) < 4.78 is 75.8. The lowest BCUT2D eigenvalue weighted by Gasteiger charge is -2.10. The maximum atomic E-state index is 15.0. The molecule has 1 unspecified atom stereocenters. The number of aromatic nitrogens is 4. The van der Waals surface area contributed by atoms with Crippen molar-refractivity contribution in [2.24, 2.45) is 5.73 Å². The summed E-state index contributed by atoms with van der Waals surface area (Å²) in [5.41, 5.74) is 12.1. The van der Waals surface area contributed by atoms with Crippen LogP contribution in [0.25, 0.3) is 22.3 Å². The van der Waals surface area contributed by atoms with Crippen LogP contribution in [0.1, 0.15) is 13.0 Å². The van der Waals surface area contributed by atoms with E-state index in [-0.39, 0.29) is 41.1 Å². The van der Waals surface area contributed by atoms with Crippen LogP contribution in [0, 0.1) is 29.1 Å². The van der Waals surface area contributed by atoms with Crippen molar-refractivity contribution < 1.29 is 26.7 Å². The number of nitrogens with two attached hydrogens (primary N) is 2. The van der Waals surface area contributed by atoms with E-state index in [9.17, 15) is 22.0 Å². The number of nitrogens with zero attached hydrogens (tertiary/aromatic N) is 4. The van der Waals surface area contributed by atoms with Crippen LogP contribution in [0.15, 0.2) is 30.6 Å². The first-order chi connectivity index (χ1) is 15.2. The highest BCUT2D eigenvalue weighted by molar-refractivity contribution is 5.98. The average Bonchev–Trinajstić information content (AvgIpc) is 3.15. The number of ether oxygens (including phenoxy) is 1. The van der Waals surface area contributed by atoms with Gasteiger partial charge < -0.3 is 16.2 Å². The molecule has 0 amide bonds. The molecule has 0 saturated carbocycles. The summed E-state index contributed by atoms with van der Waals surface area (Å²) in [6.07, 6.45) is 1.23. The fraction of sp³-hybridized carbons (Fsp3) is 0.150. The maximum absolute atomic E-state index is 15.0. The number of rotatable bonds is 5. The molecule has 0 aliphatic carbocycles. The van der Waals surface area contributed by atoms with E-state index in [2.05, 4.69) is 15.1 Å². The van der Waals surface area contributed by atoms with E-state index in [4.69, 9.17) is 16.2 Å². The molecule has 4 N–H and O–H groups in total. The molecular weight excluding hydrogens is 435 g/mol. The van der Waals surface area contributed by atoms with Crippen LogP contribution in [0.2, 0.25) is 0 Å². The van der Waals surface area contributed by atoms with E-state index in [1.54, 1.807) is 6.92 Å². The SMILES string of the molecule is CC(CN)n1nc(-c2ccc(Oc3c(F)c(F)cc(F)c3F)cc2F)c2c(N)ncnc21. The van der Waals surface area contributed by atoms with Gasteiger partial charge in [0.05, 0.1) is 11.4 Å². The molecule has 0 fully saturated rings. The zero-order chi connectivity index (χ0) is 23.2. The lowest BCUT2D eigenvalue weighted by molar-refractivity contribution is 0.365. The number of hydrogen-bond donors (Lipinski definition) is 2. The normalized spacial score (nSPS) is 12.3. The zero-order valence-electron chi connectivity index (χ0n) is 16.4. The van der Waals surface area contributed by atoms with Gasteiger partial charge in [-0.05, 0) is 19.1 Å². The van der Waals surface area contributed by atoms with Crippen molar-refractivity contribution in [2.45, 2.75) is 13.0 Å². The van der Waals surface area contributed by atoms with E-state index >= 15 is 0 Å². The molecule has 0 bridgehead atoms. The fourth-order valence-corrected chi connectivity index (χ4v) is 3.10. The van der Waals surface area contributed by atoms with E-state index < -0.39 is 40.6 Å². The number of fused-ring (bicyclic) bond motifs is 1. The van der Waals surface area contributed by atoms with Gasteiger partial charge in [-0.3, -0.25) is 0 Å². The van der Waals surface area contributed by atoms with Gasteiger partial charge in [-0.15, -0.1) is 0 Å². The Bertz CT molecular complexity index is 1320. The Balaban J connectivity index is 1.80. The Morgan fingerprint density at radius 3 is 2.31 bits per heavy atom. The summed E-state index contributed by atoms with van der Waals surface area (Å²) in [6.45, 7) is 2.00. The third-order valence-corrected chi connectivity index (χ3v) is 4.76. The molecule has 2 aromatic heterocycles. The zero-order valence-corrected chi connectivity index (χ0v) is 16.4. The summed E-state index contributed by atoms with van der Waals surface area (Å²) in [5.74, 6) is -9.40. The van der Waals surface area contributed by atoms with Gasteiger partial charge in [0.15, 0.2) is 17.3 Å². The highest BCUT2D eigenvalue weighted by Crippen LogP contribution is 2.36. The molecule has 32 heavy (non-hydrogen) atoms. The standard InChI is InChI=1S/C20H15F5N6O/c1-8(6-26)31-20-14(19(27)28-7-29-20)17(30-31)10-3-2-9(4-11(10)21)32-18-15(24)12(22)5-13(23)16(18)25/h2-5,7-8H,6,26H2,1H3,(H2,27,28,29). The van der Waals surface area contributed by atoms with Crippen molar-refractivity contribution in [2.75, 3.05) is 12.3 Å². The molecule has 7 nitrogen and oxygen atoms in total. The first-order valence-electron chi connectivity index (χ1n) is 9.22. The monoisotopic (exact) mass is 450 g/mol. The molecule has 1 atom stereocenters. The van der Waals surface area contributed by atoms with Crippen molar-refractivity contribution >= 4 is 16.9 Å². The predicted molar refractivity (Wildman–Crippen MR) is 105 cm³/mol. The summed E-state index contributed by atoms with van der Waals surface area (Å²) in [6, 6.07) is 2.89. The molecule has 0 aliphatic heterocycles. The Hall–Kier alpha value is -3.80. The number of halogens is 5. The van der Waals surface area contributed by atoms with Gasteiger partial charge in [0.25, 0.3) is 0 Å². The Morgan fingerprint density at radius 2 is 1.69 bits per heavy atom. The highest BCUT2D eigenvalue weighted by Gasteiger charge is 2.24. The van der Waals surface area contributed by atoms with Gasteiger partial charge in [0.1, 0.15) is 29.4 Å². The lowest BCUT2D eigenvalue weighted by Crippen LogP contribution is -2.17. The van der Waals surface area contributed by atoms with Crippen LogP contribution in [-0.4, -0.2) is 26.3 Å². The molecular formula is C20H15F5N6O. The van der Waals surface area contributed by atoms with Crippen LogP contribution in [0.4, 0.5) is 27.8 Å². The van der Waals surface area contributed by atoms with Crippen LogP contribution in [0.3, 0.4) is 0 Å². The molecule has 0 spiro atoms. The van der Waals surface area contributed by atoms with Crippen LogP contribution in [-0.2, 0) is 0 Å². The minimum atomic E-state index is -1.75. The second-order valence-corrected chi connectivity index (χ2v) is 6.88. The van der Waals surface area contributed by atoms with Crippen molar-refractivity contribution in [3.05, 3.63) is 59.7 Å². The number of anilines is 1. The third-order valence-electron chi connectivity index (χ3n) is 4.76. The quantitative estimate of drug-likeness (QED) is 0.351. The average molecular weight is 450 g/mol. The molecule has 2 heterocycles. The molecule has 0 saturated heterocycles. The summed E-state index contributed by atoms with van der Waals surface area (Å²) >= 11 is 0. The van der Waals surface area contributed by atoms with Crippen molar-refractivity contribution in [3.63, 3.8) is 0 Å². The largest absolute Gasteiger partial charge is 0.451 e. The number of nitrogen functional groups attached to an aromatic ring is 1. The second kappa shape index (κ2) is 8.04. The molecule has 0 radical (unpaired) electrons. The Labute approximate surface area is 177 Å². The van der Waals surface area contributed by atoms with E-state index in [1.807, 2.05) is 0 Å². The molecule has 2 aromatic carbocycles. The Morgan fingerprint density at radius 1 is 1.00 bits per heavy atom. The van der Waals surface area contributed by atoms with Gasteiger partial charge in [-0.2, -0.15) is 13.9 Å². The molecule has 0 aliphatic rings. The summed E-state index contributed by atoms with van der Waals surface area (Å²) in [5, 5.41) is 4.65. The van der Waals surface area contributed by atoms with Crippen LogP contribution < -0.4 is 16.2 Å². The van der Waals surface area contributed by atoms with Crippen molar-refractivity contribution in [3.8, 4) is 22.8 Å². The number of hydrogen-bond acceptors (Lipinski definition) is 6. The molecule has 4 rings (SSSR count). The molecule has 12 heteroatoms. The second-order valence-electron chi connectivity index (χ2n) is 6.88. The first-order valence-corrected chi connectivity index (χ1v) is 9.22. The molecule has 166 valence electrons. The van der Waals surface area contributed by atoms with Crippen LogP contribution >= 0.6 is 0 Å². The van der Waals surface area contributed by atoms with Gasteiger partial charge in [-0.25, -0.2) is 27.8 Å².